The van der Waals surface area contributed by atoms with Gasteiger partial charge in [-0.05, 0) is 25.0 Å². The van der Waals surface area contributed by atoms with E-state index in [1.807, 2.05) is 0 Å². The lowest BCUT2D eigenvalue weighted by Crippen LogP contribution is -2.10. The molecule has 0 saturated carbocycles. The SMILES string of the molecule is CCc1c(F)cc(Cl)c(O)c1[C@@H](C)N. The number of rotatable bonds is 2. The lowest BCUT2D eigenvalue weighted by molar-refractivity contribution is 0.458. The third-order valence-electron chi connectivity index (χ3n) is 2.16. The second-order valence-corrected chi connectivity index (χ2v) is 3.63. The van der Waals surface area contributed by atoms with Crippen molar-refractivity contribution in [2.75, 3.05) is 0 Å². The summed E-state index contributed by atoms with van der Waals surface area (Å²) in [6, 6.07) is 0.680. The molecule has 1 rings (SSSR count). The Bertz CT molecular complexity index is 352. The molecule has 0 fully saturated rings. The van der Waals surface area contributed by atoms with E-state index in [0.717, 1.165) is 6.07 Å². The molecule has 14 heavy (non-hydrogen) atoms. The number of hydrogen-bond acceptors (Lipinski definition) is 2. The monoisotopic (exact) mass is 217 g/mol. The topological polar surface area (TPSA) is 46.2 Å². The van der Waals surface area contributed by atoms with Crippen LogP contribution in [0.4, 0.5) is 4.39 Å². The van der Waals surface area contributed by atoms with Gasteiger partial charge in [0.1, 0.15) is 11.6 Å². The van der Waals surface area contributed by atoms with Gasteiger partial charge in [-0.2, -0.15) is 0 Å². The quantitative estimate of drug-likeness (QED) is 0.800. The van der Waals surface area contributed by atoms with Gasteiger partial charge in [0.15, 0.2) is 0 Å². The van der Waals surface area contributed by atoms with Gasteiger partial charge in [0.2, 0.25) is 0 Å². The molecule has 0 aliphatic carbocycles. The first kappa shape index (κ1) is 11.3. The van der Waals surface area contributed by atoms with Gasteiger partial charge in [0.05, 0.1) is 5.02 Å². The standard InChI is InChI=1S/C10H13ClFNO/c1-3-6-8(12)4-7(11)10(14)9(6)5(2)13/h4-5,14H,3,13H2,1-2H3/t5-/m1/s1. The second-order valence-electron chi connectivity index (χ2n) is 3.22. The van der Waals surface area contributed by atoms with Crippen molar-refractivity contribution in [2.24, 2.45) is 5.73 Å². The van der Waals surface area contributed by atoms with E-state index in [1.165, 1.54) is 0 Å². The summed E-state index contributed by atoms with van der Waals surface area (Å²) in [5, 5.41) is 9.63. The molecule has 1 atom stereocenters. The van der Waals surface area contributed by atoms with Gasteiger partial charge in [0.25, 0.3) is 0 Å². The molecule has 78 valence electrons. The molecule has 4 heteroatoms. The minimum atomic E-state index is -0.432. The number of benzene rings is 1. The normalized spacial score (nSPS) is 12.9. The highest BCUT2D eigenvalue weighted by atomic mass is 35.5. The van der Waals surface area contributed by atoms with E-state index < -0.39 is 11.9 Å². The predicted molar refractivity (Wildman–Crippen MR) is 55.1 cm³/mol. The van der Waals surface area contributed by atoms with E-state index in [2.05, 4.69) is 0 Å². The highest BCUT2D eigenvalue weighted by Gasteiger charge is 2.18. The van der Waals surface area contributed by atoms with Gasteiger partial charge >= 0.3 is 0 Å². The second kappa shape index (κ2) is 4.15. The molecular weight excluding hydrogens is 205 g/mol. The van der Waals surface area contributed by atoms with Gasteiger partial charge in [-0.1, -0.05) is 18.5 Å². The fraction of sp³-hybridized carbons (Fsp3) is 0.400. The Morgan fingerprint density at radius 2 is 2.21 bits per heavy atom. The van der Waals surface area contributed by atoms with E-state index in [0.29, 0.717) is 17.5 Å². The van der Waals surface area contributed by atoms with Crippen molar-refractivity contribution in [3.05, 3.63) is 28.0 Å². The van der Waals surface area contributed by atoms with Gasteiger partial charge in [-0.25, -0.2) is 4.39 Å². The molecule has 0 aliphatic rings. The minimum absolute atomic E-state index is 0.00648. The van der Waals surface area contributed by atoms with Crippen molar-refractivity contribution in [3.8, 4) is 5.75 Å². The third kappa shape index (κ3) is 1.83. The van der Waals surface area contributed by atoms with Crippen LogP contribution in [0, 0.1) is 5.82 Å². The third-order valence-corrected chi connectivity index (χ3v) is 2.45. The maximum atomic E-state index is 13.4. The summed E-state index contributed by atoms with van der Waals surface area (Å²) in [7, 11) is 0. The minimum Gasteiger partial charge on any atom is -0.506 e. The van der Waals surface area contributed by atoms with E-state index in [4.69, 9.17) is 17.3 Å². The number of phenolic OH excluding ortho intramolecular Hbond substituents is 1. The van der Waals surface area contributed by atoms with Crippen LogP contribution in [0.3, 0.4) is 0 Å². The molecule has 0 amide bonds. The fourth-order valence-corrected chi connectivity index (χ4v) is 1.71. The van der Waals surface area contributed by atoms with Gasteiger partial charge < -0.3 is 10.8 Å². The Hall–Kier alpha value is -0.800. The first-order chi connectivity index (χ1) is 6.49. The summed E-state index contributed by atoms with van der Waals surface area (Å²) in [4.78, 5) is 0. The average Bonchev–Trinajstić information content (AvgIpc) is 2.10. The molecule has 0 aliphatic heterocycles. The van der Waals surface area contributed by atoms with Crippen LogP contribution in [0.25, 0.3) is 0 Å². The molecule has 0 bridgehead atoms. The Morgan fingerprint density at radius 3 is 2.64 bits per heavy atom. The van der Waals surface area contributed by atoms with Crippen LogP contribution in [-0.4, -0.2) is 5.11 Å². The summed E-state index contributed by atoms with van der Waals surface area (Å²) in [6.07, 6.45) is 0.480. The fourth-order valence-electron chi connectivity index (χ4n) is 1.52. The van der Waals surface area contributed by atoms with E-state index in [1.54, 1.807) is 13.8 Å². The van der Waals surface area contributed by atoms with Gasteiger partial charge in [0, 0.05) is 11.6 Å². The van der Waals surface area contributed by atoms with Gasteiger partial charge in [-0.15, -0.1) is 0 Å². The summed E-state index contributed by atoms with van der Waals surface area (Å²) in [5.74, 6) is -0.525. The first-order valence-electron chi connectivity index (χ1n) is 4.44. The summed E-state index contributed by atoms with van der Waals surface area (Å²) < 4.78 is 13.4. The van der Waals surface area contributed by atoms with Crippen molar-refractivity contribution in [1.29, 1.82) is 0 Å². The Morgan fingerprint density at radius 1 is 1.64 bits per heavy atom. The van der Waals surface area contributed by atoms with Crippen LogP contribution in [-0.2, 0) is 6.42 Å². The Balaban J connectivity index is 3.48. The number of phenols is 1. The number of aromatic hydroxyl groups is 1. The first-order valence-corrected chi connectivity index (χ1v) is 4.82. The summed E-state index contributed by atoms with van der Waals surface area (Å²) in [6.45, 7) is 3.49. The van der Waals surface area contributed by atoms with Crippen molar-refractivity contribution in [1.82, 2.24) is 0 Å². The highest BCUT2D eigenvalue weighted by Crippen LogP contribution is 2.35. The smallest absolute Gasteiger partial charge is 0.139 e. The maximum absolute atomic E-state index is 13.4. The summed E-state index contributed by atoms with van der Waals surface area (Å²) >= 11 is 5.65. The van der Waals surface area contributed by atoms with Crippen molar-refractivity contribution >= 4 is 11.6 Å². The highest BCUT2D eigenvalue weighted by molar-refractivity contribution is 6.32. The van der Waals surface area contributed by atoms with E-state index in [9.17, 15) is 9.50 Å². The molecule has 0 saturated heterocycles. The zero-order chi connectivity index (χ0) is 10.9. The summed E-state index contributed by atoms with van der Waals surface area (Å²) in [5.41, 5.74) is 6.48. The lowest BCUT2D eigenvalue weighted by Gasteiger charge is -2.15. The maximum Gasteiger partial charge on any atom is 0.139 e. The molecule has 2 nitrogen and oxygen atoms in total. The van der Waals surface area contributed by atoms with Crippen molar-refractivity contribution in [2.45, 2.75) is 26.3 Å². The zero-order valence-electron chi connectivity index (χ0n) is 8.14. The number of halogens is 2. The van der Waals surface area contributed by atoms with Crippen LogP contribution in [0.1, 0.15) is 31.0 Å². The molecule has 0 radical (unpaired) electrons. The largest absolute Gasteiger partial charge is 0.506 e. The van der Waals surface area contributed by atoms with Crippen molar-refractivity contribution in [3.63, 3.8) is 0 Å². The molecule has 0 unspecified atom stereocenters. The predicted octanol–water partition coefficient (Wildman–Crippen LogP) is 2.77. The molecule has 0 spiro atoms. The molecule has 1 aromatic carbocycles. The number of nitrogens with two attached hydrogens (primary N) is 1. The Labute approximate surface area is 87.5 Å². The molecule has 0 heterocycles. The van der Waals surface area contributed by atoms with Crippen LogP contribution in [0.15, 0.2) is 6.07 Å². The molecular formula is C10H13ClFNO. The molecule has 0 aromatic heterocycles. The van der Waals surface area contributed by atoms with Crippen LogP contribution < -0.4 is 5.73 Å². The number of hydrogen-bond donors (Lipinski definition) is 2. The molecule has 1 aromatic rings. The van der Waals surface area contributed by atoms with Crippen LogP contribution in [0.5, 0.6) is 5.75 Å². The average molecular weight is 218 g/mol. The Kier molecular flexibility index (Phi) is 3.34. The lowest BCUT2D eigenvalue weighted by atomic mass is 9.98. The van der Waals surface area contributed by atoms with Gasteiger partial charge in [-0.3, -0.25) is 0 Å². The van der Waals surface area contributed by atoms with E-state index in [-0.39, 0.29) is 10.8 Å². The van der Waals surface area contributed by atoms with Crippen molar-refractivity contribution < 1.29 is 9.50 Å². The molecule has 3 N–H and O–H groups in total. The van der Waals surface area contributed by atoms with Crippen LogP contribution >= 0.6 is 11.6 Å². The van der Waals surface area contributed by atoms with Crippen LogP contribution in [0.2, 0.25) is 5.02 Å². The van der Waals surface area contributed by atoms with E-state index >= 15 is 0 Å². The zero-order valence-corrected chi connectivity index (χ0v) is 8.90.